The third kappa shape index (κ3) is 19.9. The highest BCUT2D eigenvalue weighted by Gasteiger charge is 2.16. The number of hydrogen-bond donors (Lipinski definition) is 3. The Morgan fingerprint density at radius 1 is 0.724 bits per heavy atom. The van der Waals surface area contributed by atoms with E-state index in [4.69, 9.17) is 13.7 Å². The Kier molecular flexibility index (Phi) is 12.7. The molecule has 3 N–H and O–H groups in total. The van der Waals surface area contributed by atoms with E-state index >= 15 is 0 Å². The molecular weight excluding hydrogens is 480 g/mol. The van der Waals surface area contributed by atoms with Crippen LogP contribution in [0, 0.1) is 0 Å². The molecule has 0 aliphatic carbocycles. The van der Waals surface area contributed by atoms with E-state index in [-0.39, 0.29) is 17.9 Å². The van der Waals surface area contributed by atoms with Crippen molar-refractivity contribution in [3.05, 3.63) is 0 Å². The Labute approximate surface area is 173 Å². The van der Waals surface area contributed by atoms with Crippen molar-refractivity contribution in [1.29, 1.82) is 0 Å². The lowest BCUT2D eigenvalue weighted by atomic mass is 10.1. The zero-order valence-electron chi connectivity index (χ0n) is 15.2. The Hall–Kier alpha value is -1.15. The number of hydrogen-bond acceptors (Lipinski definition) is 12. The topological polar surface area (TPSA) is 217 Å². The van der Waals surface area contributed by atoms with Crippen LogP contribution < -0.4 is 8.37 Å². The summed E-state index contributed by atoms with van der Waals surface area (Å²) in [6, 6.07) is 0. The van der Waals surface area contributed by atoms with Crippen molar-refractivity contribution in [3.63, 3.8) is 0 Å². The maximum absolute atomic E-state index is 10.2. The molecule has 18 heteroatoms. The Balaban J connectivity index is 0.000000543. The average molecular weight is 503 g/mol. The first kappa shape index (κ1) is 27.8. The minimum atomic E-state index is -4.77. The lowest BCUT2D eigenvalue weighted by Gasteiger charge is -2.00. The van der Waals surface area contributed by atoms with Crippen molar-refractivity contribution < 1.29 is 51.5 Å². The molecule has 0 spiro atoms. The van der Waals surface area contributed by atoms with Gasteiger partial charge in [-0.3, -0.25) is 13.7 Å². The highest BCUT2D eigenvalue weighted by atomic mass is 32.3. The molecule has 0 fully saturated rings. The van der Waals surface area contributed by atoms with E-state index in [1.54, 1.807) is 0 Å². The number of aromatic nitrogens is 2. The summed E-state index contributed by atoms with van der Waals surface area (Å²) in [6.07, 6.45) is 7.68. The fourth-order valence-corrected chi connectivity index (χ4v) is 3.52. The molecule has 1 rings (SSSR count). The van der Waals surface area contributed by atoms with Crippen molar-refractivity contribution in [2.45, 2.75) is 51.9 Å². The highest BCUT2D eigenvalue weighted by molar-refractivity contribution is 7.81. The molecule has 0 radical (unpaired) electrons. The predicted octanol–water partition coefficient (Wildman–Crippen LogP) is 1.46. The van der Waals surface area contributed by atoms with Crippen LogP contribution in [0.2, 0.25) is 0 Å². The summed E-state index contributed by atoms with van der Waals surface area (Å²) >= 11 is 0.242. The Bertz CT molecular complexity index is 846. The quantitative estimate of drug-likeness (QED) is 0.257. The smallest absolute Gasteiger partial charge is 0.329 e. The third-order valence-electron chi connectivity index (χ3n) is 2.72. The largest absolute Gasteiger partial charge is 0.448 e. The first-order valence-electron chi connectivity index (χ1n) is 8.01. The van der Waals surface area contributed by atoms with Crippen molar-refractivity contribution in [2.75, 3.05) is 6.61 Å². The minimum absolute atomic E-state index is 0.0899. The molecular formula is C11H22N2O12S4. The van der Waals surface area contributed by atoms with Crippen LogP contribution in [0.5, 0.6) is 10.4 Å². The first-order valence-corrected chi connectivity index (χ1v) is 12.9. The molecule has 0 saturated carbocycles. The van der Waals surface area contributed by atoms with Crippen LogP contribution in [0.1, 0.15) is 51.9 Å². The average Bonchev–Trinajstić information content (AvgIpc) is 2.92. The van der Waals surface area contributed by atoms with E-state index in [1.165, 1.54) is 25.7 Å². The highest BCUT2D eigenvalue weighted by Crippen LogP contribution is 2.25. The number of nitrogens with zero attached hydrogens (tertiary/aromatic N) is 2. The second-order valence-electron chi connectivity index (χ2n) is 5.23. The van der Waals surface area contributed by atoms with Gasteiger partial charge < -0.3 is 8.37 Å². The van der Waals surface area contributed by atoms with Gasteiger partial charge in [-0.25, -0.2) is 4.18 Å². The molecule has 0 bridgehead atoms. The summed E-state index contributed by atoms with van der Waals surface area (Å²) in [6.45, 7) is 2.26. The van der Waals surface area contributed by atoms with Gasteiger partial charge in [-0.2, -0.15) is 25.3 Å². The third-order valence-corrected chi connectivity index (χ3v) is 4.81. The predicted molar refractivity (Wildman–Crippen MR) is 99.8 cm³/mol. The lowest BCUT2D eigenvalue weighted by Crippen LogP contribution is -2.06. The van der Waals surface area contributed by atoms with Gasteiger partial charge >= 0.3 is 41.6 Å². The van der Waals surface area contributed by atoms with Gasteiger partial charge in [0.1, 0.15) is 0 Å². The van der Waals surface area contributed by atoms with Gasteiger partial charge in [0.25, 0.3) is 0 Å². The molecule has 0 saturated heterocycles. The van der Waals surface area contributed by atoms with E-state index in [9.17, 15) is 25.3 Å². The number of rotatable bonds is 13. The van der Waals surface area contributed by atoms with Crippen molar-refractivity contribution >= 4 is 42.5 Å². The van der Waals surface area contributed by atoms with Gasteiger partial charge in [-0.05, 0) is 17.8 Å². The molecule has 0 atom stereocenters. The standard InChI is InChI=1S/C9H20O4S.C2H2N2O8S3/c1-2-3-4-5-6-7-8-9-13-14(10,11)12;5-14(6,7)11-1-3-4-2(13-1)12-15(8,9)10/h2-9H2,1H3,(H,10,11,12);(H,5,6,7)(H,8,9,10). The van der Waals surface area contributed by atoms with Crippen molar-refractivity contribution in [3.8, 4) is 10.4 Å². The van der Waals surface area contributed by atoms with Crippen LogP contribution >= 0.6 is 11.3 Å². The van der Waals surface area contributed by atoms with Gasteiger partial charge in [-0.1, -0.05) is 55.6 Å². The molecule has 0 aromatic carbocycles. The summed E-state index contributed by atoms with van der Waals surface area (Å²) < 4.78 is 97.4. The van der Waals surface area contributed by atoms with Crippen LogP contribution in [0.15, 0.2) is 0 Å². The van der Waals surface area contributed by atoms with Crippen LogP contribution in [-0.4, -0.2) is 55.7 Å². The number of unbranched alkanes of at least 4 members (excludes halogenated alkanes) is 6. The van der Waals surface area contributed by atoms with E-state index in [1.807, 2.05) is 0 Å². The summed E-state index contributed by atoms with van der Waals surface area (Å²) in [4.78, 5) is 0. The van der Waals surface area contributed by atoms with Gasteiger partial charge in [-0.15, -0.1) is 0 Å². The zero-order chi connectivity index (χ0) is 22.6. The fourth-order valence-electron chi connectivity index (χ4n) is 1.67. The summed E-state index contributed by atoms with van der Waals surface area (Å²) in [5.74, 6) is 0. The van der Waals surface area contributed by atoms with Gasteiger partial charge in [0.15, 0.2) is 0 Å². The fraction of sp³-hybridized carbons (Fsp3) is 0.818. The summed E-state index contributed by atoms with van der Waals surface area (Å²) in [5, 5.41) is 4.64. The van der Waals surface area contributed by atoms with Crippen LogP contribution in [0.25, 0.3) is 0 Å². The second kappa shape index (κ2) is 13.2. The van der Waals surface area contributed by atoms with E-state index in [0.29, 0.717) is 6.42 Å². The normalized spacial score (nSPS) is 12.1. The maximum atomic E-state index is 10.2. The van der Waals surface area contributed by atoms with Crippen LogP contribution in [0.4, 0.5) is 0 Å². The molecule has 0 aliphatic rings. The first-order chi connectivity index (χ1) is 13.2. The second-order valence-corrected chi connectivity index (χ2v) is 9.27. The molecule has 1 heterocycles. The maximum Gasteiger partial charge on any atom is 0.448 e. The molecule has 0 aliphatic heterocycles. The Morgan fingerprint density at radius 2 is 1.14 bits per heavy atom. The van der Waals surface area contributed by atoms with Gasteiger partial charge in [0.2, 0.25) is 0 Å². The monoisotopic (exact) mass is 502 g/mol. The zero-order valence-corrected chi connectivity index (χ0v) is 18.5. The van der Waals surface area contributed by atoms with E-state index in [0.717, 1.165) is 12.8 Å². The van der Waals surface area contributed by atoms with Crippen molar-refractivity contribution in [2.24, 2.45) is 0 Å². The SMILES string of the molecule is CCCCCCCCCOS(=O)(=O)O.O=S(=O)(O)Oc1nnc(OS(=O)(=O)O)s1. The molecule has 0 amide bonds. The summed E-state index contributed by atoms with van der Waals surface area (Å²) in [7, 11) is -13.8. The van der Waals surface area contributed by atoms with E-state index in [2.05, 4.69) is 29.7 Å². The van der Waals surface area contributed by atoms with Gasteiger partial charge in [0.05, 0.1) is 6.61 Å². The summed E-state index contributed by atoms with van der Waals surface area (Å²) in [5.41, 5.74) is 0. The molecule has 0 unspecified atom stereocenters. The van der Waals surface area contributed by atoms with Crippen LogP contribution in [-0.2, 0) is 35.4 Å². The lowest BCUT2D eigenvalue weighted by molar-refractivity contribution is 0.261. The molecule has 14 nitrogen and oxygen atoms in total. The Morgan fingerprint density at radius 3 is 1.52 bits per heavy atom. The molecule has 172 valence electrons. The molecule has 1 aromatic heterocycles. The van der Waals surface area contributed by atoms with E-state index < -0.39 is 41.6 Å². The molecule has 1 aromatic rings. The van der Waals surface area contributed by atoms with Crippen LogP contribution in [0.3, 0.4) is 0 Å². The van der Waals surface area contributed by atoms with Crippen molar-refractivity contribution in [1.82, 2.24) is 10.2 Å². The van der Waals surface area contributed by atoms with Gasteiger partial charge in [0, 0.05) is 0 Å². The molecule has 29 heavy (non-hydrogen) atoms. The minimum Gasteiger partial charge on any atom is -0.329 e.